The van der Waals surface area contributed by atoms with Gasteiger partial charge in [-0.15, -0.1) is 12.4 Å². The highest BCUT2D eigenvalue weighted by Gasteiger charge is 2.13. The predicted molar refractivity (Wildman–Crippen MR) is 83.5 cm³/mol. The third-order valence-electron chi connectivity index (χ3n) is 3.95. The predicted octanol–water partition coefficient (Wildman–Crippen LogP) is 4.00. The van der Waals surface area contributed by atoms with Gasteiger partial charge in [-0.1, -0.05) is 26.0 Å². The average molecular weight is 284 g/mol. The van der Waals surface area contributed by atoms with Gasteiger partial charge in [0.2, 0.25) is 0 Å². The highest BCUT2D eigenvalue weighted by molar-refractivity contribution is 5.85. The van der Waals surface area contributed by atoms with E-state index in [1.165, 1.54) is 31.4 Å². The monoisotopic (exact) mass is 283 g/mol. The molecule has 2 rings (SSSR count). The van der Waals surface area contributed by atoms with Crippen LogP contribution in [0.1, 0.15) is 44.6 Å². The van der Waals surface area contributed by atoms with Gasteiger partial charge < -0.3 is 10.1 Å². The van der Waals surface area contributed by atoms with Crippen LogP contribution in [0.5, 0.6) is 5.75 Å². The molecule has 1 aromatic carbocycles. The van der Waals surface area contributed by atoms with Gasteiger partial charge in [0.05, 0.1) is 6.61 Å². The Kier molecular flexibility index (Phi) is 7.25. The van der Waals surface area contributed by atoms with Gasteiger partial charge in [-0.25, -0.2) is 0 Å². The number of nitrogens with one attached hydrogen (secondary N) is 1. The third kappa shape index (κ3) is 5.04. The van der Waals surface area contributed by atoms with Gasteiger partial charge >= 0.3 is 0 Å². The van der Waals surface area contributed by atoms with Crippen LogP contribution in [-0.2, 0) is 0 Å². The topological polar surface area (TPSA) is 21.3 Å². The van der Waals surface area contributed by atoms with Crippen LogP contribution in [0, 0.1) is 5.92 Å². The van der Waals surface area contributed by atoms with Gasteiger partial charge in [0.15, 0.2) is 0 Å². The van der Waals surface area contributed by atoms with Gasteiger partial charge in [-0.2, -0.15) is 0 Å². The SMILES string of the molecule is CCC(C)c1ccc(OCC2CCCNC2)cc1.Cl. The molecular weight excluding hydrogens is 258 g/mol. The number of hydrogen-bond acceptors (Lipinski definition) is 2. The number of halogens is 1. The molecule has 2 nitrogen and oxygen atoms in total. The Labute approximate surface area is 123 Å². The fraction of sp³-hybridized carbons (Fsp3) is 0.625. The standard InChI is InChI=1S/C16H25NO.ClH/c1-3-13(2)15-6-8-16(9-7-15)18-12-14-5-4-10-17-11-14;/h6-9,13-14,17H,3-5,10-12H2,1-2H3;1H. The molecule has 0 bridgehead atoms. The van der Waals surface area contributed by atoms with E-state index in [9.17, 15) is 0 Å². The molecule has 1 aliphatic rings. The maximum absolute atomic E-state index is 5.87. The van der Waals surface area contributed by atoms with Gasteiger partial charge in [-0.3, -0.25) is 0 Å². The van der Waals surface area contributed by atoms with E-state index in [0.29, 0.717) is 11.8 Å². The first-order valence-corrected chi connectivity index (χ1v) is 7.23. The van der Waals surface area contributed by atoms with Crippen molar-refractivity contribution in [3.8, 4) is 5.75 Å². The number of rotatable bonds is 5. The van der Waals surface area contributed by atoms with E-state index in [0.717, 1.165) is 18.9 Å². The normalized spacial score (nSPS) is 20.4. The minimum atomic E-state index is 0. The molecule has 1 heterocycles. The van der Waals surface area contributed by atoms with Crippen LogP contribution in [0.25, 0.3) is 0 Å². The average Bonchev–Trinajstić information content (AvgIpc) is 2.46. The number of ether oxygens (including phenoxy) is 1. The minimum absolute atomic E-state index is 0. The Balaban J connectivity index is 0.00000180. The molecule has 0 radical (unpaired) electrons. The summed E-state index contributed by atoms with van der Waals surface area (Å²) in [6, 6.07) is 8.61. The minimum Gasteiger partial charge on any atom is -0.493 e. The van der Waals surface area contributed by atoms with Crippen molar-refractivity contribution in [2.45, 2.75) is 39.0 Å². The summed E-state index contributed by atoms with van der Waals surface area (Å²) in [7, 11) is 0. The fourth-order valence-corrected chi connectivity index (χ4v) is 2.41. The molecule has 1 N–H and O–H groups in total. The van der Waals surface area contributed by atoms with Gasteiger partial charge in [0, 0.05) is 12.5 Å². The van der Waals surface area contributed by atoms with Crippen LogP contribution in [0.15, 0.2) is 24.3 Å². The summed E-state index contributed by atoms with van der Waals surface area (Å²) in [5, 5.41) is 3.42. The Morgan fingerprint density at radius 2 is 2.05 bits per heavy atom. The molecule has 0 aromatic heterocycles. The lowest BCUT2D eigenvalue weighted by atomic mass is 9.99. The van der Waals surface area contributed by atoms with E-state index in [2.05, 4.69) is 43.4 Å². The van der Waals surface area contributed by atoms with E-state index in [4.69, 9.17) is 4.74 Å². The highest BCUT2D eigenvalue weighted by Crippen LogP contribution is 2.22. The second-order valence-electron chi connectivity index (χ2n) is 5.40. The smallest absolute Gasteiger partial charge is 0.119 e. The Morgan fingerprint density at radius 1 is 1.32 bits per heavy atom. The summed E-state index contributed by atoms with van der Waals surface area (Å²) >= 11 is 0. The van der Waals surface area contributed by atoms with Crippen molar-refractivity contribution in [2.75, 3.05) is 19.7 Å². The molecule has 0 aliphatic carbocycles. The first kappa shape index (κ1) is 16.3. The van der Waals surface area contributed by atoms with Crippen molar-refractivity contribution in [3.05, 3.63) is 29.8 Å². The largest absolute Gasteiger partial charge is 0.493 e. The van der Waals surface area contributed by atoms with Crippen LogP contribution >= 0.6 is 12.4 Å². The van der Waals surface area contributed by atoms with Crippen molar-refractivity contribution in [2.24, 2.45) is 5.92 Å². The zero-order valence-electron chi connectivity index (χ0n) is 12.0. The Morgan fingerprint density at radius 3 is 2.63 bits per heavy atom. The zero-order chi connectivity index (χ0) is 12.8. The second kappa shape index (κ2) is 8.44. The molecule has 2 atom stereocenters. The van der Waals surface area contributed by atoms with E-state index in [1.54, 1.807) is 0 Å². The first-order chi connectivity index (χ1) is 8.79. The summed E-state index contributed by atoms with van der Waals surface area (Å²) in [5.41, 5.74) is 1.41. The zero-order valence-corrected chi connectivity index (χ0v) is 12.8. The Hall–Kier alpha value is -0.730. The number of piperidine rings is 1. The highest BCUT2D eigenvalue weighted by atomic mass is 35.5. The van der Waals surface area contributed by atoms with E-state index >= 15 is 0 Å². The van der Waals surface area contributed by atoms with Crippen LogP contribution in [-0.4, -0.2) is 19.7 Å². The third-order valence-corrected chi connectivity index (χ3v) is 3.95. The summed E-state index contributed by atoms with van der Waals surface area (Å²) in [5.74, 6) is 2.32. The van der Waals surface area contributed by atoms with Gasteiger partial charge in [-0.05, 0) is 49.4 Å². The molecule has 2 unspecified atom stereocenters. The molecule has 1 fully saturated rings. The van der Waals surface area contributed by atoms with Crippen molar-refractivity contribution in [1.29, 1.82) is 0 Å². The maximum Gasteiger partial charge on any atom is 0.119 e. The molecule has 1 aromatic rings. The molecule has 1 aliphatic heterocycles. The molecule has 3 heteroatoms. The lowest BCUT2D eigenvalue weighted by Crippen LogP contribution is -2.33. The van der Waals surface area contributed by atoms with E-state index in [-0.39, 0.29) is 12.4 Å². The van der Waals surface area contributed by atoms with Crippen LogP contribution in [0.3, 0.4) is 0 Å². The van der Waals surface area contributed by atoms with Crippen molar-refractivity contribution >= 4 is 12.4 Å². The summed E-state index contributed by atoms with van der Waals surface area (Å²) in [6.07, 6.45) is 3.76. The summed E-state index contributed by atoms with van der Waals surface area (Å²) < 4.78 is 5.87. The molecule has 1 saturated heterocycles. The molecule has 0 saturated carbocycles. The fourth-order valence-electron chi connectivity index (χ4n) is 2.41. The lowest BCUT2D eigenvalue weighted by molar-refractivity contribution is 0.218. The maximum atomic E-state index is 5.87. The summed E-state index contributed by atoms with van der Waals surface area (Å²) in [6.45, 7) is 7.61. The number of hydrogen-bond donors (Lipinski definition) is 1. The quantitative estimate of drug-likeness (QED) is 0.882. The molecule has 0 amide bonds. The van der Waals surface area contributed by atoms with Crippen molar-refractivity contribution in [3.63, 3.8) is 0 Å². The lowest BCUT2D eigenvalue weighted by Gasteiger charge is -2.22. The van der Waals surface area contributed by atoms with Crippen LogP contribution in [0.2, 0.25) is 0 Å². The van der Waals surface area contributed by atoms with E-state index < -0.39 is 0 Å². The van der Waals surface area contributed by atoms with Crippen molar-refractivity contribution in [1.82, 2.24) is 5.32 Å². The molecule has 0 spiro atoms. The first-order valence-electron chi connectivity index (χ1n) is 7.23. The molecule has 19 heavy (non-hydrogen) atoms. The summed E-state index contributed by atoms with van der Waals surface area (Å²) in [4.78, 5) is 0. The Bertz CT molecular complexity index is 346. The van der Waals surface area contributed by atoms with Crippen LogP contribution < -0.4 is 10.1 Å². The second-order valence-corrected chi connectivity index (χ2v) is 5.40. The van der Waals surface area contributed by atoms with Crippen LogP contribution in [0.4, 0.5) is 0 Å². The molecular formula is C16H26ClNO. The van der Waals surface area contributed by atoms with Gasteiger partial charge in [0.25, 0.3) is 0 Å². The number of benzene rings is 1. The van der Waals surface area contributed by atoms with Crippen molar-refractivity contribution < 1.29 is 4.74 Å². The van der Waals surface area contributed by atoms with Gasteiger partial charge in [0.1, 0.15) is 5.75 Å². The van der Waals surface area contributed by atoms with E-state index in [1.807, 2.05) is 0 Å². The molecule has 108 valence electrons.